The number of hydrogen-bond donors (Lipinski definition) is 0. The van der Waals surface area contributed by atoms with E-state index in [1.165, 1.54) is 12.1 Å². The van der Waals surface area contributed by atoms with E-state index in [1.54, 1.807) is 12.1 Å². The van der Waals surface area contributed by atoms with Gasteiger partial charge in [0.1, 0.15) is 12.4 Å². The Balaban J connectivity index is 1.57. The predicted molar refractivity (Wildman–Crippen MR) is 103 cm³/mol. The minimum Gasteiger partial charge on any atom is -0.467 e. The number of carbonyl (C=O) groups is 1. The Morgan fingerprint density at radius 2 is 2.03 bits per heavy atom. The Morgan fingerprint density at radius 1 is 1.24 bits per heavy atom. The molecule has 8 nitrogen and oxygen atoms in total. The monoisotopic (exact) mass is 394 g/mol. The van der Waals surface area contributed by atoms with Crippen LogP contribution in [0.15, 0.2) is 54.9 Å². The normalized spacial score (nSPS) is 12.7. The van der Waals surface area contributed by atoms with Crippen molar-refractivity contribution in [3.05, 3.63) is 87.2 Å². The second-order valence-electron chi connectivity index (χ2n) is 6.63. The van der Waals surface area contributed by atoms with E-state index in [0.717, 1.165) is 11.3 Å². The summed E-state index contributed by atoms with van der Waals surface area (Å²) in [7, 11) is 0. The molecule has 2 heterocycles. The summed E-state index contributed by atoms with van der Waals surface area (Å²) in [4.78, 5) is 23.3. The van der Waals surface area contributed by atoms with Gasteiger partial charge >= 0.3 is 5.97 Å². The number of ether oxygens (including phenoxy) is 3. The van der Waals surface area contributed by atoms with Gasteiger partial charge in [0, 0.05) is 41.3 Å². The lowest BCUT2D eigenvalue weighted by Crippen LogP contribution is -2.15. The van der Waals surface area contributed by atoms with Crippen molar-refractivity contribution in [2.24, 2.45) is 0 Å². The fourth-order valence-electron chi connectivity index (χ4n) is 3.23. The average Bonchev–Trinajstić information content (AvgIpc) is 3.26. The highest BCUT2D eigenvalue weighted by Gasteiger charge is 2.22. The summed E-state index contributed by atoms with van der Waals surface area (Å²) in [5, 5.41) is 11.2. The van der Waals surface area contributed by atoms with E-state index >= 15 is 0 Å². The molecule has 0 aliphatic carbocycles. The molecule has 0 bridgehead atoms. The molecular weight excluding hydrogens is 376 g/mol. The molecule has 1 aromatic heterocycles. The Bertz CT molecular complexity index is 1080. The van der Waals surface area contributed by atoms with Gasteiger partial charge in [0.05, 0.1) is 17.1 Å². The van der Waals surface area contributed by atoms with Gasteiger partial charge in [0.25, 0.3) is 5.69 Å². The first-order chi connectivity index (χ1) is 14.0. The zero-order valence-electron chi connectivity index (χ0n) is 15.7. The van der Waals surface area contributed by atoms with E-state index in [2.05, 4.69) is 0 Å². The van der Waals surface area contributed by atoms with E-state index in [9.17, 15) is 14.9 Å². The van der Waals surface area contributed by atoms with Crippen LogP contribution in [0.2, 0.25) is 0 Å². The molecule has 3 aromatic rings. The lowest BCUT2D eigenvalue weighted by molar-refractivity contribution is -0.385. The summed E-state index contributed by atoms with van der Waals surface area (Å²) in [6.07, 6.45) is 3.79. The third kappa shape index (κ3) is 3.83. The maximum absolute atomic E-state index is 12.6. The van der Waals surface area contributed by atoms with Crippen LogP contribution in [-0.4, -0.2) is 22.3 Å². The van der Waals surface area contributed by atoms with E-state index in [1.807, 2.05) is 42.1 Å². The van der Waals surface area contributed by atoms with Gasteiger partial charge in [-0.05, 0) is 36.8 Å². The molecule has 0 radical (unpaired) electrons. The van der Waals surface area contributed by atoms with Crippen molar-refractivity contribution >= 4 is 11.7 Å². The van der Waals surface area contributed by atoms with Crippen LogP contribution in [0.25, 0.3) is 5.69 Å². The van der Waals surface area contributed by atoms with Gasteiger partial charge in [-0.3, -0.25) is 10.1 Å². The molecule has 0 N–H and O–H groups in total. The van der Waals surface area contributed by atoms with Crippen LogP contribution in [0, 0.1) is 17.0 Å². The average molecular weight is 394 g/mol. The molecule has 8 heteroatoms. The second kappa shape index (κ2) is 7.76. The zero-order valence-corrected chi connectivity index (χ0v) is 15.7. The maximum Gasteiger partial charge on any atom is 0.338 e. The number of non-ortho nitro benzene ring substituents is 1. The zero-order chi connectivity index (χ0) is 20.4. The Hall–Kier alpha value is -3.65. The molecule has 0 saturated heterocycles. The summed E-state index contributed by atoms with van der Waals surface area (Å²) < 4.78 is 18.0. The number of nitro groups is 1. The second-order valence-corrected chi connectivity index (χ2v) is 6.63. The van der Waals surface area contributed by atoms with Gasteiger partial charge in [-0.2, -0.15) is 0 Å². The molecule has 0 spiro atoms. The van der Waals surface area contributed by atoms with E-state index in [4.69, 9.17) is 14.2 Å². The van der Waals surface area contributed by atoms with Gasteiger partial charge in [-0.15, -0.1) is 0 Å². The molecule has 1 aliphatic rings. The van der Waals surface area contributed by atoms with Gasteiger partial charge in [-0.1, -0.05) is 6.07 Å². The van der Waals surface area contributed by atoms with E-state index in [0.29, 0.717) is 22.4 Å². The fraction of sp³-hybridized carbons (Fsp3) is 0.190. The van der Waals surface area contributed by atoms with Crippen LogP contribution < -0.4 is 4.74 Å². The third-order valence-corrected chi connectivity index (χ3v) is 4.67. The molecule has 0 amide bonds. The molecule has 0 saturated carbocycles. The first-order valence-corrected chi connectivity index (χ1v) is 8.95. The van der Waals surface area contributed by atoms with Gasteiger partial charge < -0.3 is 18.8 Å². The van der Waals surface area contributed by atoms with Gasteiger partial charge in [0.15, 0.2) is 6.79 Å². The number of nitrogens with zero attached hydrogens (tertiary/aromatic N) is 2. The molecule has 0 unspecified atom stereocenters. The molecule has 2 aromatic carbocycles. The largest absolute Gasteiger partial charge is 0.467 e. The molecule has 0 atom stereocenters. The minimum absolute atomic E-state index is 0.0456. The highest BCUT2D eigenvalue weighted by molar-refractivity contribution is 5.90. The van der Waals surface area contributed by atoms with Crippen molar-refractivity contribution in [1.82, 2.24) is 4.57 Å². The van der Waals surface area contributed by atoms with Crippen molar-refractivity contribution in [2.45, 2.75) is 20.1 Å². The SMILES string of the molecule is Cc1ccc(C(=O)OCc2cc([N+](=O)[O-])cc3c2OCOC3)cc1-n1cccc1. The van der Waals surface area contributed by atoms with E-state index < -0.39 is 10.9 Å². The number of carbonyl (C=O) groups excluding carboxylic acids is 1. The Morgan fingerprint density at radius 3 is 2.79 bits per heavy atom. The number of esters is 1. The first kappa shape index (κ1) is 18.7. The smallest absolute Gasteiger partial charge is 0.338 e. The number of aryl methyl sites for hydroxylation is 1. The van der Waals surface area contributed by atoms with Crippen LogP contribution in [0.1, 0.15) is 27.0 Å². The number of fused-ring (bicyclic) bond motifs is 1. The van der Waals surface area contributed by atoms with Crippen LogP contribution in [0.4, 0.5) is 5.69 Å². The number of nitro benzene ring substituents is 1. The number of rotatable bonds is 5. The van der Waals surface area contributed by atoms with Crippen molar-refractivity contribution in [3.63, 3.8) is 0 Å². The minimum atomic E-state index is -0.522. The first-order valence-electron chi connectivity index (χ1n) is 8.95. The molecular formula is C21H18N2O6. The lowest BCUT2D eigenvalue weighted by Gasteiger charge is -2.20. The molecule has 148 valence electrons. The van der Waals surface area contributed by atoms with Crippen molar-refractivity contribution in [2.75, 3.05) is 6.79 Å². The van der Waals surface area contributed by atoms with Crippen LogP contribution in [-0.2, 0) is 22.7 Å². The van der Waals surface area contributed by atoms with Crippen LogP contribution in [0.3, 0.4) is 0 Å². The number of benzene rings is 2. The molecule has 4 rings (SSSR count). The summed E-state index contributed by atoms with van der Waals surface area (Å²) >= 11 is 0. The van der Waals surface area contributed by atoms with E-state index in [-0.39, 0.29) is 25.7 Å². The van der Waals surface area contributed by atoms with Crippen molar-refractivity contribution in [1.29, 1.82) is 0 Å². The predicted octanol–water partition coefficient (Wildman–Crippen LogP) is 3.92. The van der Waals surface area contributed by atoms with Crippen LogP contribution in [0.5, 0.6) is 5.75 Å². The van der Waals surface area contributed by atoms with Crippen molar-refractivity contribution in [3.8, 4) is 11.4 Å². The van der Waals surface area contributed by atoms with Crippen LogP contribution >= 0.6 is 0 Å². The fourth-order valence-corrected chi connectivity index (χ4v) is 3.23. The summed E-state index contributed by atoms with van der Waals surface area (Å²) in [5.74, 6) is -0.0580. The lowest BCUT2D eigenvalue weighted by atomic mass is 10.1. The summed E-state index contributed by atoms with van der Waals surface area (Å²) in [6.45, 7) is 2.06. The molecule has 0 fully saturated rings. The number of aromatic nitrogens is 1. The highest BCUT2D eigenvalue weighted by atomic mass is 16.7. The summed E-state index contributed by atoms with van der Waals surface area (Å²) in [5.41, 5.74) is 3.17. The Kier molecular flexibility index (Phi) is 5.01. The standard InChI is InChI=1S/C21H18N2O6/c1-14-4-5-15(10-19(14)22-6-2-3-7-22)21(24)28-12-17-9-18(23(25)26)8-16-11-27-13-29-20(16)17/h2-10H,11-13H2,1H3. The Labute approximate surface area is 166 Å². The number of hydrogen-bond acceptors (Lipinski definition) is 6. The van der Waals surface area contributed by atoms with Gasteiger partial charge in [-0.25, -0.2) is 4.79 Å². The van der Waals surface area contributed by atoms with Crippen molar-refractivity contribution < 1.29 is 23.9 Å². The quantitative estimate of drug-likeness (QED) is 0.370. The third-order valence-electron chi connectivity index (χ3n) is 4.67. The molecule has 29 heavy (non-hydrogen) atoms. The highest BCUT2D eigenvalue weighted by Crippen LogP contribution is 2.33. The molecule has 1 aliphatic heterocycles. The van der Waals surface area contributed by atoms with Gasteiger partial charge in [0.2, 0.25) is 0 Å². The maximum atomic E-state index is 12.6. The topological polar surface area (TPSA) is 92.8 Å². The summed E-state index contributed by atoms with van der Waals surface area (Å²) in [6, 6.07) is 11.9.